The van der Waals surface area contributed by atoms with E-state index in [0.29, 0.717) is 0 Å². The maximum Gasteiger partial charge on any atom is -0.0471 e. The van der Waals surface area contributed by atoms with Gasteiger partial charge in [0.25, 0.3) is 0 Å². The van der Waals surface area contributed by atoms with Gasteiger partial charge < -0.3 is 0 Å². The van der Waals surface area contributed by atoms with Gasteiger partial charge in [0.2, 0.25) is 0 Å². The van der Waals surface area contributed by atoms with E-state index in [1.807, 2.05) is 0 Å². The second kappa shape index (κ2) is 37.2. The van der Waals surface area contributed by atoms with Gasteiger partial charge in [-0.3, -0.25) is 0 Å². The van der Waals surface area contributed by atoms with Gasteiger partial charge in [-0.05, 0) is 35.5 Å². The molecule has 0 atom stereocenters. The number of unbranched alkanes of at least 4 members (excludes halogenated alkanes) is 15. The molecule has 0 nitrogen and oxygen atoms in total. The van der Waals surface area contributed by atoms with Gasteiger partial charge in [-0.15, -0.1) is 0 Å². The minimum absolute atomic E-state index is 0.899. The molecule has 0 heterocycles. The lowest BCUT2D eigenvalue weighted by atomic mass is 10.0. The molecule has 42 heavy (non-hydrogen) atoms. The predicted molar refractivity (Wildman–Crippen MR) is 200 cm³/mol. The summed E-state index contributed by atoms with van der Waals surface area (Å²) in [4.78, 5) is 0. The molecular weight excluding hydrogens is 504 g/mol. The van der Waals surface area contributed by atoms with Gasteiger partial charge in [0.05, 0.1) is 0 Å². The third-order valence-corrected chi connectivity index (χ3v) is 8.44. The average molecular weight is 595 g/mol. The van der Waals surface area contributed by atoms with Crippen molar-refractivity contribution >= 4 is 0 Å². The highest BCUT2D eigenvalue weighted by Crippen LogP contribution is 2.16. The van der Waals surface area contributed by atoms with Crippen molar-refractivity contribution in [2.24, 2.45) is 35.5 Å². The Morgan fingerprint density at radius 1 is 0.167 bits per heavy atom. The van der Waals surface area contributed by atoms with Gasteiger partial charge in [0.1, 0.15) is 0 Å². The minimum Gasteiger partial charge on any atom is -0.0628 e. The Morgan fingerprint density at radius 2 is 0.262 bits per heavy atom. The van der Waals surface area contributed by atoms with Gasteiger partial charge in [-0.1, -0.05) is 237 Å². The Hall–Kier alpha value is 0. The standard InChI is InChI=1S/C15H32.C14H30.C13H28/c1-14(2)12-10-8-6-5-7-9-11-13-15(3)4;1-13(2)11-9-7-5-6-8-10-12-14(3)4;1-12(2)10-8-6-5-7-9-11-13(3)4/h14-15H,5-13H2,1-4H3;13-14H,5-12H2,1-4H3;12-13H,5-11H2,1-4H3. The highest BCUT2D eigenvalue weighted by atomic mass is 14.0. The van der Waals surface area contributed by atoms with E-state index in [9.17, 15) is 0 Å². The number of hydrogen-bond acceptors (Lipinski definition) is 0. The van der Waals surface area contributed by atoms with Crippen molar-refractivity contribution in [3.63, 3.8) is 0 Å². The van der Waals surface area contributed by atoms with E-state index >= 15 is 0 Å². The predicted octanol–water partition coefficient (Wildman–Crippen LogP) is 16.3. The van der Waals surface area contributed by atoms with Crippen LogP contribution < -0.4 is 0 Å². The summed E-state index contributed by atoms with van der Waals surface area (Å²) in [6, 6.07) is 0. The lowest BCUT2D eigenvalue weighted by molar-refractivity contribution is 0.489. The molecule has 0 amide bonds. The summed E-state index contributed by atoms with van der Waals surface area (Å²) in [7, 11) is 0. The van der Waals surface area contributed by atoms with E-state index in [0.717, 1.165) is 35.5 Å². The van der Waals surface area contributed by atoms with E-state index in [-0.39, 0.29) is 0 Å². The Bertz CT molecular complexity index is 401. The van der Waals surface area contributed by atoms with Crippen molar-refractivity contribution in [1.29, 1.82) is 0 Å². The summed E-state index contributed by atoms with van der Waals surface area (Å²) in [5.74, 6) is 5.39. The van der Waals surface area contributed by atoms with Gasteiger partial charge >= 0.3 is 0 Å². The molecule has 0 aliphatic rings. The summed E-state index contributed by atoms with van der Waals surface area (Å²) >= 11 is 0. The Morgan fingerprint density at radius 3 is 0.357 bits per heavy atom. The molecule has 0 fully saturated rings. The van der Waals surface area contributed by atoms with Crippen molar-refractivity contribution in [2.75, 3.05) is 0 Å². The highest BCUT2D eigenvalue weighted by molar-refractivity contribution is 4.53. The molecule has 0 spiro atoms. The van der Waals surface area contributed by atoms with Crippen LogP contribution in [-0.2, 0) is 0 Å². The molecule has 0 aromatic rings. The molecule has 0 aromatic heterocycles. The zero-order valence-corrected chi connectivity index (χ0v) is 32.4. The Balaban J connectivity index is -0.000000545. The van der Waals surface area contributed by atoms with Gasteiger partial charge in [0, 0.05) is 0 Å². The van der Waals surface area contributed by atoms with Gasteiger partial charge in [-0.2, -0.15) is 0 Å². The first-order valence-corrected chi connectivity index (χ1v) is 19.9. The first kappa shape index (κ1) is 46.4. The van der Waals surface area contributed by atoms with Crippen LogP contribution in [0.5, 0.6) is 0 Å². The third kappa shape index (κ3) is 55.9. The van der Waals surface area contributed by atoms with Crippen molar-refractivity contribution in [3.8, 4) is 0 Å². The third-order valence-electron chi connectivity index (χ3n) is 8.44. The van der Waals surface area contributed by atoms with Crippen molar-refractivity contribution in [2.45, 2.75) is 237 Å². The SMILES string of the molecule is CC(C)CCCCCCCC(C)C.CC(C)CCCCCCCCC(C)C.CC(C)CCCCCCCCCC(C)C. The van der Waals surface area contributed by atoms with Gasteiger partial charge in [-0.25, -0.2) is 0 Å². The monoisotopic (exact) mass is 595 g/mol. The molecule has 0 aromatic carbocycles. The smallest absolute Gasteiger partial charge is 0.0471 e. The quantitative estimate of drug-likeness (QED) is 0.0830. The fourth-order valence-electron chi connectivity index (χ4n) is 5.44. The van der Waals surface area contributed by atoms with Crippen LogP contribution in [0.25, 0.3) is 0 Å². The van der Waals surface area contributed by atoms with Crippen molar-refractivity contribution < 1.29 is 0 Å². The fraction of sp³-hybridized carbons (Fsp3) is 1.00. The number of hydrogen-bond donors (Lipinski definition) is 0. The molecule has 0 bridgehead atoms. The van der Waals surface area contributed by atoms with E-state index in [1.54, 1.807) is 0 Å². The molecule has 0 aliphatic carbocycles. The lowest BCUT2D eigenvalue weighted by Crippen LogP contribution is -1.89. The zero-order valence-electron chi connectivity index (χ0n) is 32.4. The van der Waals surface area contributed by atoms with Gasteiger partial charge in [0.15, 0.2) is 0 Å². The molecule has 0 rings (SSSR count). The first-order chi connectivity index (χ1) is 19.9. The van der Waals surface area contributed by atoms with Crippen LogP contribution in [0, 0.1) is 35.5 Å². The lowest BCUT2D eigenvalue weighted by Gasteiger charge is -2.05. The molecule has 0 N–H and O–H groups in total. The molecule has 0 saturated carbocycles. The fourth-order valence-corrected chi connectivity index (χ4v) is 5.44. The maximum atomic E-state index is 2.33. The zero-order chi connectivity index (χ0) is 32.4. The van der Waals surface area contributed by atoms with Crippen LogP contribution in [0.15, 0.2) is 0 Å². The summed E-state index contributed by atoms with van der Waals surface area (Å²) in [6.07, 6.45) is 34.7. The maximum absolute atomic E-state index is 2.33. The van der Waals surface area contributed by atoms with Crippen LogP contribution in [0.2, 0.25) is 0 Å². The molecular formula is C42H90. The minimum atomic E-state index is 0.899. The second-order valence-corrected chi connectivity index (χ2v) is 16.5. The molecule has 0 saturated heterocycles. The Labute approximate surface area is 272 Å². The summed E-state index contributed by atoms with van der Waals surface area (Å²) < 4.78 is 0. The summed E-state index contributed by atoms with van der Waals surface area (Å²) in [5.41, 5.74) is 0. The van der Waals surface area contributed by atoms with E-state index in [2.05, 4.69) is 83.1 Å². The normalized spacial score (nSPS) is 11.6. The first-order valence-electron chi connectivity index (χ1n) is 19.9. The van der Waals surface area contributed by atoms with Crippen molar-refractivity contribution in [1.82, 2.24) is 0 Å². The molecule has 258 valence electrons. The summed E-state index contributed by atoms with van der Waals surface area (Å²) in [5, 5.41) is 0. The van der Waals surface area contributed by atoms with Crippen LogP contribution in [-0.4, -0.2) is 0 Å². The highest BCUT2D eigenvalue weighted by Gasteiger charge is 1.98. The van der Waals surface area contributed by atoms with E-state index in [4.69, 9.17) is 0 Å². The topological polar surface area (TPSA) is 0 Å². The largest absolute Gasteiger partial charge is 0.0628 e. The van der Waals surface area contributed by atoms with Crippen LogP contribution in [0.3, 0.4) is 0 Å². The number of rotatable bonds is 27. The van der Waals surface area contributed by atoms with E-state index in [1.165, 1.54) is 154 Å². The molecule has 0 radical (unpaired) electrons. The van der Waals surface area contributed by atoms with Crippen molar-refractivity contribution in [3.05, 3.63) is 0 Å². The molecule has 0 unspecified atom stereocenters. The molecule has 0 aliphatic heterocycles. The van der Waals surface area contributed by atoms with Crippen LogP contribution in [0.4, 0.5) is 0 Å². The average Bonchev–Trinajstić information content (AvgIpc) is 2.88. The summed E-state index contributed by atoms with van der Waals surface area (Å²) in [6.45, 7) is 27.9. The second-order valence-electron chi connectivity index (χ2n) is 16.5. The van der Waals surface area contributed by atoms with Crippen LogP contribution >= 0.6 is 0 Å². The van der Waals surface area contributed by atoms with Crippen LogP contribution in [0.1, 0.15) is 237 Å². The molecule has 0 heteroatoms. The van der Waals surface area contributed by atoms with E-state index < -0.39 is 0 Å². The Kier molecular flexibility index (Phi) is 41.1.